The first-order chi connectivity index (χ1) is 20.7. The molecule has 13 nitrogen and oxygen atoms in total. The van der Waals surface area contributed by atoms with Gasteiger partial charge in [-0.05, 0) is 60.5 Å². The lowest BCUT2D eigenvalue weighted by Crippen LogP contribution is -2.29. The Morgan fingerprint density at radius 1 is 1.09 bits per heavy atom. The minimum Gasteiger partial charge on any atom is -0.493 e. The maximum Gasteiger partial charge on any atom is 0.348 e. The Labute approximate surface area is 246 Å². The van der Waals surface area contributed by atoms with Crippen molar-refractivity contribution >= 4 is 23.3 Å². The van der Waals surface area contributed by atoms with Crippen molar-refractivity contribution in [1.29, 1.82) is 5.41 Å². The minimum absolute atomic E-state index is 0.0614. The number of ether oxygens (including phenoxy) is 2. The summed E-state index contributed by atoms with van der Waals surface area (Å²) >= 11 is 0. The highest BCUT2D eigenvalue weighted by molar-refractivity contribution is 5.96. The number of carbonyl (C=O) groups excluding carboxylic acids is 2. The molecule has 1 aliphatic rings. The number of likely N-dealkylation sites (tertiary alicyclic amines) is 1. The van der Waals surface area contributed by atoms with Crippen LogP contribution < -0.4 is 31.9 Å². The first-order valence-electron chi connectivity index (χ1n) is 13.6. The van der Waals surface area contributed by atoms with E-state index in [2.05, 4.69) is 15.4 Å². The number of hydrogen-bond donors (Lipinski definition) is 5. The number of H-pyrrole nitrogens is 1. The SMILES string of the molecule is COc1cc(C(Nc2ccc(C(=N)N)cc2)c2nn(-c3ccccc3C(N)=O)c(=O)[nH]2)ccc1OCCN1CCCC1=O. The molecule has 0 bridgehead atoms. The number of nitrogens with zero attached hydrogens (tertiary/aromatic N) is 3. The molecule has 2 amide bonds. The number of aromatic nitrogens is 3. The van der Waals surface area contributed by atoms with E-state index in [9.17, 15) is 14.4 Å². The molecule has 1 unspecified atom stereocenters. The predicted octanol–water partition coefficient (Wildman–Crippen LogP) is 2.15. The standard InChI is InChI=1S/C30H32N8O5/c1-42-24-17-19(10-13-23(24)43-16-15-37-14-4-7-25(37)39)26(34-20-11-8-18(9-12-20)27(31)32)29-35-30(41)38(36-29)22-6-3-2-5-21(22)28(33)40/h2-3,5-6,8-13,17,26,34H,4,7,14-16H2,1H3,(H3,31,32)(H2,33,40)(H,35,36,41). The second-order valence-corrected chi connectivity index (χ2v) is 9.92. The number of amides is 2. The molecule has 0 saturated carbocycles. The summed E-state index contributed by atoms with van der Waals surface area (Å²) in [6, 6.07) is 18.0. The highest BCUT2D eigenvalue weighted by atomic mass is 16.5. The number of primary amides is 1. The fourth-order valence-corrected chi connectivity index (χ4v) is 4.91. The van der Waals surface area contributed by atoms with Crippen LogP contribution in [0.1, 0.15) is 46.2 Å². The number of nitrogens with two attached hydrogens (primary N) is 2. The number of para-hydroxylation sites is 1. The maximum absolute atomic E-state index is 13.1. The summed E-state index contributed by atoms with van der Waals surface area (Å²) in [4.78, 5) is 41.7. The van der Waals surface area contributed by atoms with E-state index in [0.717, 1.165) is 17.6 Å². The van der Waals surface area contributed by atoms with Crippen molar-refractivity contribution in [1.82, 2.24) is 19.7 Å². The fraction of sp³-hybridized carbons (Fsp3) is 0.233. The van der Waals surface area contributed by atoms with Crippen molar-refractivity contribution in [3.63, 3.8) is 0 Å². The second kappa shape index (κ2) is 12.5. The topological polar surface area (TPSA) is 194 Å². The highest BCUT2D eigenvalue weighted by Gasteiger charge is 2.24. The Kier molecular flexibility index (Phi) is 8.41. The first kappa shape index (κ1) is 28.9. The van der Waals surface area contributed by atoms with Gasteiger partial charge in [-0.2, -0.15) is 4.68 Å². The summed E-state index contributed by atoms with van der Waals surface area (Å²) in [5, 5.41) is 15.6. The number of rotatable bonds is 12. The zero-order valence-electron chi connectivity index (χ0n) is 23.5. The first-order valence-corrected chi connectivity index (χ1v) is 13.6. The number of benzene rings is 3. The van der Waals surface area contributed by atoms with E-state index < -0.39 is 17.6 Å². The van der Waals surface area contributed by atoms with Gasteiger partial charge in [0.05, 0.1) is 24.9 Å². The van der Waals surface area contributed by atoms with Crippen molar-refractivity contribution in [2.45, 2.75) is 18.9 Å². The largest absolute Gasteiger partial charge is 0.493 e. The van der Waals surface area contributed by atoms with Crippen LogP contribution in [0.5, 0.6) is 11.5 Å². The molecule has 43 heavy (non-hydrogen) atoms. The van der Waals surface area contributed by atoms with Crippen molar-refractivity contribution in [3.8, 4) is 17.2 Å². The summed E-state index contributed by atoms with van der Waals surface area (Å²) in [5.41, 5.74) is 12.9. The van der Waals surface area contributed by atoms with Gasteiger partial charge in [-0.3, -0.25) is 20.0 Å². The number of hydrogen-bond acceptors (Lipinski definition) is 8. The van der Waals surface area contributed by atoms with Crippen molar-refractivity contribution < 1.29 is 19.1 Å². The average Bonchev–Trinajstić information content (AvgIpc) is 3.60. The Hall–Kier alpha value is -5.59. The Morgan fingerprint density at radius 3 is 2.53 bits per heavy atom. The van der Waals surface area contributed by atoms with Gasteiger partial charge in [0.15, 0.2) is 17.3 Å². The fourth-order valence-electron chi connectivity index (χ4n) is 4.91. The zero-order valence-corrected chi connectivity index (χ0v) is 23.5. The van der Waals surface area contributed by atoms with E-state index in [0.29, 0.717) is 47.9 Å². The lowest BCUT2D eigenvalue weighted by Gasteiger charge is -2.21. The Morgan fingerprint density at radius 2 is 1.86 bits per heavy atom. The van der Waals surface area contributed by atoms with Gasteiger partial charge in [-0.1, -0.05) is 18.2 Å². The third kappa shape index (κ3) is 6.35. The molecule has 5 rings (SSSR count). The van der Waals surface area contributed by atoms with Crippen LogP contribution in [0.2, 0.25) is 0 Å². The predicted molar refractivity (Wildman–Crippen MR) is 160 cm³/mol. The van der Waals surface area contributed by atoms with Gasteiger partial charge in [0.2, 0.25) is 5.91 Å². The van der Waals surface area contributed by atoms with E-state index in [-0.39, 0.29) is 28.8 Å². The number of anilines is 1. The third-order valence-corrected chi connectivity index (χ3v) is 7.12. The van der Waals surface area contributed by atoms with Gasteiger partial charge < -0.3 is 31.2 Å². The summed E-state index contributed by atoms with van der Waals surface area (Å²) in [5.74, 6) is 0.573. The van der Waals surface area contributed by atoms with Crippen LogP contribution in [0.3, 0.4) is 0 Å². The normalized spacial score (nSPS) is 13.5. The molecule has 7 N–H and O–H groups in total. The monoisotopic (exact) mass is 584 g/mol. The minimum atomic E-state index is -0.693. The molecule has 1 fully saturated rings. The molecule has 1 aromatic heterocycles. The average molecular weight is 585 g/mol. The quantitative estimate of drug-likeness (QED) is 0.123. The van der Waals surface area contributed by atoms with Gasteiger partial charge >= 0.3 is 5.69 Å². The molecular weight excluding hydrogens is 552 g/mol. The number of carbonyl (C=O) groups is 2. The van der Waals surface area contributed by atoms with Crippen LogP contribution in [0, 0.1) is 5.41 Å². The van der Waals surface area contributed by atoms with E-state index in [1.54, 1.807) is 59.5 Å². The van der Waals surface area contributed by atoms with E-state index in [1.807, 2.05) is 6.07 Å². The molecule has 222 valence electrons. The van der Waals surface area contributed by atoms with Gasteiger partial charge in [0, 0.05) is 24.2 Å². The maximum atomic E-state index is 13.1. The number of amidine groups is 1. The molecule has 2 heterocycles. The van der Waals surface area contributed by atoms with E-state index >= 15 is 0 Å². The van der Waals surface area contributed by atoms with E-state index in [1.165, 1.54) is 13.2 Å². The number of aromatic amines is 1. The molecule has 1 saturated heterocycles. The number of nitrogens with one attached hydrogen (secondary N) is 3. The molecule has 1 atom stereocenters. The number of nitrogen functional groups attached to an aromatic ring is 1. The van der Waals surface area contributed by atoms with Crippen molar-refractivity contribution in [2.24, 2.45) is 11.5 Å². The Balaban J connectivity index is 1.49. The lowest BCUT2D eigenvalue weighted by atomic mass is 10.0. The molecule has 4 aromatic rings. The van der Waals surface area contributed by atoms with Crippen LogP contribution >= 0.6 is 0 Å². The zero-order chi connectivity index (χ0) is 30.5. The van der Waals surface area contributed by atoms with Crippen molar-refractivity contribution in [3.05, 3.63) is 99.7 Å². The molecule has 3 aromatic carbocycles. The van der Waals surface area contributed by atoms with Crippen LogP contribution in [0.4, 0.5) is 5.69 Å². The van der Waals surface area contributed by atoms with Crippen LogP contribution in [0.25, 0.3) is 5.69 Å². The smallest absolute Gasteiger partial charge is 0.348 e. The molecule has 13 heteroatoms. The van der Waals surface area contributed by atoms with E-state index in [4.69, 9.17) is 26.4 Å². The molecule has 0 aliphatic carbocycles. The van der Waals surface area contributed by atoms with Crippen LogP contribution in [-0.2, 0) is 4.79 Å². The molecule has 0 spiro atoms. The second-order valence-electron chi connectivity index (χ2n) is 9.92. The third-order valence-electron chi connectivity index (χ3n) is 7.12. The summed E-state index contributed by atoms with van der Waals surface area (Å²) < 4.78 is 12.7. The number of methoxy groups -OCH3 is 1. The van der Waals surface area contributed by atoms with Crippen LogP contribution in [-0.4, -0.2) is 64.1 Å². The summed E-state index contributed by atoms with van der Waals surface area (Å²) in [6.07, 6.45) is 1.42. The van der Waals surface area contributed by atoms with Gasteiger partial charge in [-0.15, -0.1) is 5.10 Å². The highest BCUT2D eigenvalue weighted by Crippen LogP contribution is 2.33. The molecular formula is C30H32N8O5. The van der Waals surface area contributed by atoms with Gasteiger partial charge in [0.1, 0.15) is 18.5 Å². The molecule has 0 radical (unpaired) electrons. The van der Waals surface area contributed by atoms with Gasteiger partial charge in [-0.25, -0.2) is 4.79 Å². The van der Waals surface area contributed by atoms with Crippen molar-refractivity contribution in [2.75, 3.05) is 32.1 Å². The lowest BCUT2D eigenvalue weighted by molar-refractivity contribution is -0.128. The van der Waals surface area contributed by atoms with Gasteiger partial charge in [0.25, 0.3) is 5.91 Å². The molecule has 1 aliphatic heterocycles. The Bertz CT molecular complexity index is 1710. The van der Waals surface area contributed by atoms with Crippen LogP contribution in [0.15, 0.2) is 71.5 Å². The summed E-state index contributed by atoms with van der Waals surface area (Å²) in [6.45, 7) is 1.52. The summed E-state index contributed by atoms with van der Waals surface area (Å²) in [7, 11) is 1.52.